The molecule has 0 bridgehead atoms. The third kappa shape index (κ3) is 1.00. The number of ether oxygens (including phenoxy) is 3. The molecule has 1 aliphatic carbocycles. The van der Waals surface area contributed by atoms with Crippen LogP contribution in [0.5, 0.6) is 0 Å². The van der Waals surface area contributed by atoms with E-state index in [2.05, 4.69) is 0 Å². The monoisotopic (exact) mass is 170 g/mol. The van der Waals surface area contributed by atoms with Gasteiger partial charge in [-0.1, -0.05) is 0 Å². The summed E-state index contributed by atoms with van der Waals surface area (Å²) >= 11 is 0. The second kappa shape index (κ2) is 2.44. The Morgan fingerprint density at radius 3 is 3.00 bits per heavy atom. The van der Waals surface area contributed by atoms with Crippen molar-refractivity contribution in [2.24, 2.45) is 11.8 Å². The maximum absolute atomic E-state index is 5.70. The van der Waals surface area contributed by atoms with Crippen LogP contribution in [0.1, 0.15) is 13.3 Å². The molecule has 0 aromatic carbocycles. The van der Waals surface area contributed by atoms with Gasteiger partial charge in [0.05, 0.1) is 19.3 Å². The van der Waals surface area contributed by atoms with Crippen molar-refractivity contribution in [2.45, 2.75) is 31.8 Å². The quantitative estimate of drug-likeness (QED) is 0.537. The van der Waals surface area contributed by atoms with Gasteiger partial charge in [0.2, 0.25) is 0 Å². The first-order valence-electron chi connectivity index (χ1n) is 4.73. The van der Waals surface area contributed by atoms with Crippen molar-refractivity contribution in [1.29, 1.82) is 0 Å². The number of hydrogen-bond donors (Lipinski definition) is 0. The SMILES string of the molecule is CC1OCC2OCC3CC3C2O1. The minimum Gasteiger partial charge on any atom is -0.373 e. The van der Waals surface area contributed by atoms with Gasteiger partial charge in [0.15, 0.2) is 6.29 Å². The van der Waals surface area contributed by atoms with E-state index in [4.69, 9.17) is 14.2 Å². The Morgan fingerprint density at radius 1 is 1.17 bits per heavy atom. The third-order valence-electron chi connectivity index (χ3n) is 3.13. The van der Waals surface area contributed by atoms with Crippen molar-refractivity contribution in [3.63, 3.8) is 0 Å². The Bertz CT molecular complexity index is 194. The summed E-state index contributed by atoms with van der Waals surface area (Å²) in [6.07, 6.45) is 1.81. The van der Waals surface area contributed by atoms with Gasteiger partial charge in [0.1, 0.15) is 6.10 Å². The van der Waals surface area contributed by atoms with Crippen LogP contribution in [0.3, 0.4) is 0 Å². The molecule has 0 aromatic heterocycles. The average Bonchev–Trinajstić information content (AvgIpc) is 2.82. The van der Waals surface area contributed by atoms with Crippen LogP contribution in [0.25, 0.3) is 0 Å². The van der Waals surface area contributed by atoms with Gasteiger partial charge < -0.3 is 14.2 Å². The molecular formula is C9H14O3. The van der Waals surface area contributed by atoms with E-state index >= 15 is 0 Å². The van der Waals surface area contributed by atoms with Crippen LogP contribution in [0.4, 0.5) is 0 Å². The largest absolute Gasteiger partial charge is 0.373 e. The molecule has 5 unspecified atom stereocenters. The maximum Gasteiger partial charge on any atom is 0.155 e. The highest BCUT2D eigenvalue weighted by Gasteiger charge is 2.53. The first-order valence-corrected chi connectivity index (χ1v) is 4.73. The van der Waals surface area contributed by atoms with Crippen LogP contribution in [-0.4, -0.2) is 31.7 Å². The minimum absolute atomic E-state index is 0.0331. The average molecular weight is 170 g/mol. The lowest BCUT2D eigenvalue weighted by Crippen LogP contribution is -2.48. The lowest BCUT2D eigenvalue weighted by molar-refractivity contribution is -0.269. The van der Waals surface area contributed by atoms with Crippen LogP contribution in [0.15, 0.2) is 0 Å². The third-order valence-corrected chi connectivity index (χ3v) is 3.13. The zero-order valence-corrected chi connectivity index (χ0v) is 7.23. The van der Waals surface area contributed by atoms with E-state index in [9.17, 15) is 0 Å². The summed E-state index contributed by atoms with van der Waals surface area (Å²) in [6.45, 7) is 3.60. The molecule has 3 nitrogen and oxygen atoms in total. The highest BCUT2D eigenvalue weighted by atomic mass is 16.7. The van der Waals surface area contributed by atoms with Gasteiger partial charge >= 0.3 is 0 Å². The van der Waals surface area contributed by atoms with Crippen LogP contribution in [-0.2, 0) is 14.2 Å². The summed E-state index contributed by atoms with van der Waals surface area (Å²) < 4.78 is 16.7. The summed E-state index contributed by atoms with van der Waals surface area (Å²) in [6, 6.07) is 0. The predicted molar refractivity (Wildman–Crippen MR) is 41.6 cm³/mol. The number of rotatable bonds is 0. The second-order valence-electron chi connectivity index (χ2n) is 4.03. The second-order valence-corrected chi connectivity index (χ2v) is 4.03. The van der Waals surface area contributed by atoms with Gasteiger partial charge in [0, 0.05) is 0 Å². The van der Waals surface area contributed by atoms with Crippen molar-refractivity contribution in [3.05, 3.63) is 0 Å². The van der Waals surface area contributed by atoms with Gasteiger partial charge in [-0.15, -0.1) is 0 Å². The molecule has 3 fully saturated rings. The van der Waals surface area contributed by atoms with Crippen molar-refractivity contribution in [3.8, 4) is 0 Å². The molecule has 12 heavy (non-hydrogen) atoms. The standard InChI is InChI=1S/C9H14O3/c1-5-10-4-8-9(12-5)7-2-6(7)3-11-8/h5-9H,2-4H2,1H3. The topological polar surface area (TPSA) is 27.7 Å². The van der Waals surface area contributed by atoms with Crippen molar-refractivity contribution < 1.29 is 14.2 Å². The molecule has 3 rings (SSSR count). The molecule has 0 spiro atoms. The minimum atomic E-state index is -0.0331. The highest BCUT2D eigenvalue weighted by molar-refractivity contribution is 4.99. The Hall–Kier alpha value is -0.120. The zero-order chi connectivity index (χ0) is 8.13. The zero-order valence-electron chi connectivity index (χ0n) is 7.23. The molecule has 0 N–H and O–H groups in total. The van der Waals surface area contributed by atoms with E-state index in [0.29, 0.717) is 6.10 Å². The molecule has 0 amide bonds. The van der Waals surface area contributed by atoms with Crippen LogP contribution < -0.4 is 0 Å². The maximum atomic E-state index is 5.70. The first-order chi connectivity index (χ1) is 5.84. The fourth-order valence-electron chi connectivity index (χ4n) is 2.31. The normalized spacial score (nSPS) is 57.2. The lowest BCUT2D eigenvalue weighted by atomic mass is 10.0. The van der Waals surface area contributed by atoms with Gasteiger partial charge in [-0.05, 0) is 25.2 Å². The highest BCUT2D eigenvalue weighted by Crippen LogP contribution is 2.48. The van der Waals surface area contributed by atoms with Gasteiger partial charge in [-0.2, -0.15) is 0 Å². The summed E-state index contributed by atoms with van der Waals surface area (Å²) in [5, 5.41) is 0. The predicted octanol–water partition coefficient (Wildman–Crippen LogP) is 0.783. The molecule has 2 saturated heterocycles. The lowest BCUT2D eigenvalue weighted by Gasteiger charge is -2.37. The Labute approximate surface area is 72.0 Å². The molecular weight excluding hydrogens is 156 g/mol. The van der Waals surface area contributed by atoms with E-state index in [1.165, 1.54) is 6.42 Å². The molecule has 0 radical (unpaired) electrons. The van der Waals surface area contributed by atoms with E-state index in [-0.39, 0.29) is 12.4 Å². The van der Waals surface area contributed by atoms with Gasteiger partial charge in [0.25, 0.3) is 0 Å². The molecule has 0 aromatic rings. The van der Waals surface area contributed by atoms with Gasteiger partial charge in [-0.25, -0.2) is 0 Å². The van der Waals surface area contributed by atoms with E-state index in [1.807, 2.05) is 6.92 Å². The number of hydrogen-bond acceptors (Lipinski definition) is 3. The fraction of sp³-hybridized carbons (Fsp3) is 1.00. The molecule has 5 atom stereocenters. The smallest absolute Gasteiger partial charge is 0.155 e. The van der Waals surface area contributed by atoms with Crippen LogP contribution in [0.2, 0.25) is 0 Å². The van der Waals surface area contributed by atoms with Crippen molar-refractivity contribution in [1.82, 2.24) is 0 Å². The Balaban J connectivity index is 1.74. The molecule has 3 aliphatic rings. The van der Waals surface area contributed by atoms with Gasteiger partial charge in [-0.3, -0.25) is 0 Å². The Kier molecular flexibility index (Phi) is 1.48. The van der Waals surface area contributed by atoms with Crippen molar-refractivity contribution in [2.75, 3.05) is 13.2 Å². The van der Waals surface area contributed by atoms with Crippen LogP contribution >= 0.6 is 0 Å². The fourth-order valence-corrected chi connectivity index (χ4v) is 2.31. The molecule has 2 aliphatic heterocycles. The molecule has 68 valence electrons. The summed E-state index contributed by atoms with van der Waals surface area (Å²) in [5.41, 5.74) is 0. The Morgan fingerprint density at radius 2 is 2.08 bits per heavy atom. The molecule has 1 saturated carbocycles. The summed E-state index contributed by atoms with van der Waals surface area (Å²) in [7, 11) is 0. The number of fused-ring (bicyclic) bond motifs is 3. The van der Waals surface area contributed by atoms with Crippen molar-refractivity contribution >= 4 is 0 Å². The molecule has 2 heterocycles. The van der Waals surface area contributed by atoms with Crippen LogP contribution in [0, 0.1) is 11.8 Å². The summed E-state index contributed by atoms with van der Waals surface area (Å²) in [4.78, 5) is 0. The molecule has 3 heteroatoms. The van der Waals surface area contributed by atoms with E-state index < -0.39 is 0 Å². The summed E-state index contributed by atoms with van der Waals surface area (Å²) in [5.74, 6) is 1.56. The van der Waals surface area contributed by atoms with E-state index in [1.54, 1.807) is 0 Å². The first kappa shape index (κ1) is 7.30. The van der Waals surface area contributed by atoms with E-state index in [0.717, 1.165) is 25.0 Å².